The second-order valence-corrected chi connectivity index (χ2v) is 4.12. The van der Waals surface area contributed by atoms with Crippen LogP contribution in [0.3, 0.4) is 0 Å². The number of nitriles is 1. The van der Waals surface area contributed by atoms with Crippen molar-refractivity contribution < 1.29 is 9.18 Å². The highest BCUT2D eigenvalue weighted by atomic mass is 79.9. The third kappa shape index (κ3) is 3.04. The van der Waals surface area contributed by atoms with Crippen LogP contribution in [-0.2, 0) is 4.79 Å². The molecule has 16 heavy (non-hydrogen) atoms. The zero-order chi connectivity index (χ0) is 12.1. The smallest absolute Gasteiger partial charge is 0.227 e. The van der Waals surface area contributed by atoms with Crippen LogP contribution < -0.4 is 4.90 Å². The van der Waals surface area contributed by atoms with Gasteiger partial charge in [-0.25, -0.2) is 4.39 Å². The molecule has 3 nitrogen and oxygen atoms in total. The maximum absolute atomic E-state index is 13.4. The molecular formula is C11H10BrFN2O. The van der Waals surface area contributed by atoms with Gasteiger partial charge in [-0.2, -0.15) is 5.26 Å². The van der Waals surface area contributed by atoms with Gasteiger partial charge in [-0.15, -0.1) is 0 Å². The van der Waals surface area contributed by atoms with Crippen LogP contribution in [0.25, 0.3) is 0 Å². The van der Waals surface area contributed by atoms with Gasteiger partial charge in [0.05, 0.1) is 11.8 Å². The summed E-state index contributed by atoms with van der Waals surface area (Å²) < 4.78 is 14.1. The minimum absolute atomic E-state index is 0.0962. The number of carbonyl (C=O) groups is 1. The van der Waals surface area contributed by atoms with Crippen LogP contribution in [0.4, 0.5) is 10.1 Å². The number of carbonyl (C=O) groups excluding carboxylic acids is 1. The van der Waals surface area contributed by atoms with Crippen molar-refractivity contribution in [1.82, 2.24) is 0 Å². The largest absolute Gasteiger partial charge is 0.313 e. The number of amides is 1. The first-order valence-corrected chi connectivity index (χ1v) is 5.44. The predicted octanol–water partition coefficient (Wildman–Crippen LogP) is 2.85. The highest BCUT2D eigenvalue weighted by molar-refractivity contribution is 9.10. The van der Waals surface area contributed by atoms with Crippen molar-refractivity contribution in [3.8, 4) is 6.07 Å². The van der Waals surface area contributed by atoms with E-state index < -0.39 is 5.82 Å². The Morgan fingerprint density at radius 2 is 2.31 bits per heavy atom. The van der Waals surface area contributed by atoms with E-state index in [0.29, 0.717) is 4.47 Å². The average Bonchev–Trinajstić information content (AvgIpc) is 2.28. The zero-order valence-electron chi connectivity index (χ0n) is 8.70. The number of nitrogens with zero attached hydrogens (tertiary/aromatic N) is 2. The van der Waals surface area contributed by atoms with Gasteiger partial charge >= 0.3 is 0 Å². The molecule has 1 aromatic carbocycles. The third-order valence-corrected chi connectivity index (χ3v) is 2.59. The fraction of sp³-hybridized carbons (Fsp3) is 0.273. The molecule has 0 unspecified atom stereocenters. The molecule has 0 aliphatic heterocycles. The van der Waals surface area contributed by atoms with E-state index in [2.05, 4.69) is 15.9 Å². The van der Waals surface area contributed by atoms with Gasteiger partial charge in [0.25, 0.3) is 0 Å². The molecule has 0 atom stereocenters. The maximum atomic E-state index is 13.4. The lowest BCUT2D eigenvalue weighted by atomic mass is 10.2. The van der Waals surface area contributed by atoms with Gasteiger partial charge < -0.3 is 4.90 Å². The molecule has 0 bridgehead atoms. The fourth-order valence-electron chi connectivity index (χ4n) is 1.21. The number of benzene rings is 1. The van der Waals surface area contributed by atoms with E-state index in [4.69, 9.17) is 5.26 Å². The van der Waals surface area contributed by atoms with Crippen LogP contribution in [-0.4, -0.2) is 13.0 Å². The summed E-state index contributed by atoms with van der Waals surface area (Å²) in [5, 5.41) is 8.36. The second kappa shape index (κ2) is 5.61. The fourth-order valence-corrected chi connectivity index (χ4v) is 1.56. The normalized spacial score (nSPS) is 9.62. The Morgan fingerprint density at radius 3 is 2.94 bits per heavy atom. The summed E-state index contributed by atoms with van der Waals surface area (Å²) in [5.41, 5.74) is 0.206. The number of hydrogen-bond donors (Lipinski definition) is 0. The molecule has 0 radical (unpaired) electrons. The van der Waals surface area contributed by atoms with Crippen molar-refractivity contribution in [1.29, 1.82) is 5.26 Å². The van der Waals surface area contributed by atoms with Crippen molar-refractivity contribution >= 4 is 27.5 Å². The van der Waals surface area contributed by atoms with Crippen LogP contribution in [0.5, 0.6) is 0 Å². The first-order valence-electron chi connectivity index (χ1n) is 4.65. The monoisotopic (exact) mass is 284 g/mol. The minimum Gasteiger partial charge on any atom is -0.313 e. The van der Waals surface area contributed by atoms with E-state index in [9.17, 15) is 9.18 Å². The SMILES string of the molecule is CN(C(=O)CCC#N)c1cc(Br)ccc1F. The molecule has 0 N–H and O–H groups in total. The topological polar surface area (TPSA) is 44.1 Å². The van der Waals surface area contributed by atoms with Crippen LogP contribution in [0.2, 0.25) is 0 Å². The third-order valence-electron chi connectivity index (χ3n) is 2.09. The van der Waals surface area contributed by atoms with E-state index in [1.807, 2.05) is 6.07 Å². The summed E-state index contributed by atoms with van der Waals surface area (Å²) in [4.78, 5) is 12.8. The van der Waals surface area contributed by atoms with Crippen molar-refractivity contribution in [3.05, 3.63) is 28.5 Å². The summed E-state index contributed by atoms with van der Waals surface area (Å²) in [6.45, 7) is 0. The molecule has 0 saturated carbocycles. The molecule has 1 amide bonds. The van der Waals surface area contributed by atoms with Crippen LogP contribution >= 0.6 is 15.9 Å². The molecule has 0 saturated heterocycles. The number of anilines is 1. The van der Waals surface area contributed by atoms with Gasteiger partial charge in [-0.05, 0) is 18.2 Å². The highest BCUT2D eigenvalue weighted by Crippen LogP contribution is 2.23. The summed E-state index contributed by atoms with van der Waals surface area (Å²) in [5.74, 6) is -0.741. The lowest BCUT2D eigenvalue weighted by Gasteiger charge is -2.17. The van der Waals surface area contributed by atoms with Crippen molar-refractivity contribution in [3.63, 3.8) is 0 Å². The standard InChI is InChI=1S/C11H10BrFN2O/c1-15(11(16)3-2-6-14)10-7-8(12)4-5-9(10)13/h4-5,7H,2-3H2,1H3. The first-order chi connectivity index (χ1) is 7.56. The molecule has 0 aromatic heterocycles. The van der Waals surface area contributed by atoms with E-state index in [1.54, 1.807) is 6.07 Å². The number of hydrogen-bond acceptors (Lipinski definition) is 2. The molecular weight excluding hydrogens is 275 g/mol. The van der Waals surface area contributed by atoms with Crippen LogP contribution in [0.1, 0.15) is 12.8 Å². The maximum Gasteiger partial charge on any atom is 0.227 e. The first kappa shape index (κ1) is 12.7. The van der Waals surface area contributed by atoms with Gasteiger partial charge in [0.1, 0.15) is 5.82 Å². The molecule has 84 valence electrons. The highest BCUT2D eigenvalue weighted by Gasteiger charge is 2.14. The molecule has 0 aliphatic rings. The van der Waals surface area contributed by atoms with E-state index in [1.165, 1.54) is 24.1 Å². The quantitative estimate of drug-likeness (QED) is 0.857. The summed E-state index contributed by atoms with van der Waals surface area (Å²) >= 11 is 3.21. The molecule has 0 fully saturated rings. The van der Waals surface area contributed by atoms with Crippen LogP contribution in [0.15, 0.2) is 22.7 Å². The lowest BCUT2D eigenvalue weighted by Crippen LogP contribution is -2.26. The Balaban J connectivity index is 2.87. The Bertz CT molecular complexity index is 442. The zero-order valence-corrected chi connectivity index (χ0v) is 10.3. The van der Waals surface area contributed by atoms with Crippen molar-refractivity contribution in [2.45, 2.75) is 12.8 Å². The Kier molecular flexibility index (Phi) is 4.44. The summed E-state index contributed by atoms with van der Waals surface area (Å²) in [7, 11) is 1.49. The van der Waals surface area contributed by atoms with E-state index in [0.717, 1.165) is 0 Å². The molecule has 0 spiro atoms. The summed E-state index contributed by atoms with van der Waals surface area (Å²) in [6.07, 6.45) is 0.234. The van der Waals surface area contributed by atoms with E-state index in [-0.39, 0.29) is 24.4 Å². The van der Waals surface area contributed by atoms with Crippen molar-refractivity contribution in [2.24, 2.45) is 0 Å². The number of halogens is 2. The molecule has 5 heteroatoms. The van der Waals surface area contributed by atoms with E-state index >= 15 is 0 Å². The Labute approximate surface area is 102 Å². The number of rotatable bonds is 3. The lowest BCUT2D eigenvalue weighted by molar-refractivity contribution is -0.118. The van der Waals surface area contributed by atoms with Crippen LogP contribution in [0, 0.1) is 17.1 Å². The van der Waals surface area contributed by atoms with Crippen molar-refractivity contribution in [2.75, 3.05) is 11.9 Å². The summed E-state index contributed by atoms with van der Waals surface area (Å²) in [6, 6.07) is 6.25. The Morgan fingerprint density at radius 1 is 1.62 bits per heavy atom. The predicted molar refractivity (Wildman–Crippen MR) is 62.4 cm³/mol. The van der Waals surface area contributed by atoms with Gasteiger partial charge in [0, 0.05) is 24.4 Å². The Hall–Kier alpha value is -1.41. The molecule has 1 aromatic rings. The molecule has 0 heterocycles. The second-order valence-electron chi connectivity index (χ2n) is 3.21. The molecule has 1 rings (SSSR count). The minimum atomic E-state index is -0.462. The van der Waals surface area contributed by atoms with Gasteiger partial charge in [-0.1, -0.05) is 15.9 Å². The van der Waals surface area contributed by atoms with Gasteiger partial charge in [0.15, 0.2) is 0 Å². The van der Waals surface area contributed by atoms with Gasteiger partial charge in [-0.3, -0.25) is 4.79 Å². The van der Waals surface area contributed by atoms with Gasteiger partial charge in [0.2, 0.25) is 5.91 Å². The average molecular weight is 285 g/mol. The molecule has 0 aliphatic carbocycles.